The first-order valence-corrected chi connectivity index (χ1v) is 4.72. The van der Waals surface area contributed by atoms with Gasteiger partial charge in [-0.2, -0.15) is 5.10 Å². The number of aromatic nitrogens is 2. The van der Waals surface area contributed by atoms with Crippen LogP contribution in [0.25, 0.3) is 0 Å². The summed E-state index contributed by atoms with van der Waals surface area (Å²) in [5.41, 5.74) is 6.77. The van der Waals surface area contributed by atoms with Crippen LogP contribution in [0.3, 0.4) is 0 Å². The van der Waals surface area contributed by atoms with Crippen LogP contribution in [0.5, 0.6) is 5.88 Å². The Bertz CT molecular complexity index is 295. The van der Waals surface area contributed by atoms with Crippen LogP contribution in [-0.4, -0.2) is 22.9 Å². The minimum atomic E-state index is 0.414. The van der Waals surface area contributed by atoms with E-state index in [-0.39, 0.29) is 0 Å². The Balaban J connectivity index is 2.22. The topological polar surface area (TPSA) is 53.1 Å². The highest BCUT2D eigenvalue weighted by Crippen LogP contribution is 2.24. The third-order valence-corrected chi connectivity index (χ3v) is 2.46. The maximum Gasteiger partial charge on any atom is 0.215 e. The molecular weight excluding hydrogens is 166 g/mol. The predicted octanol–water partition coefficient (Wildman–Crippen LogP) is 0.413. The lowest BCUT2D eigenvalue weighted by molar-refractivity contribution is 0.167. The molecule has 0 saturated heterocycles. The molecule has 0 saturated carbocycles. The molecule has 0 fully saturated rings. The molecule has 0 bridgehead atoms. The standard InChI is InChI=1S/C9H15N3O/c1-2-8-4-11-12-5-7(3-10)6-13-9(8)12/h4,7H,2-3,5-6,10H2,1H3/t7-/m0/s1. The molecule has 1 aliphatic rings. The fraction of sp³-hybridized carbons (Fsp3) is 0.667. The highest BCUT2D eigenvalue weighted by molar-refractivity contribution is 5.25. The third-order valence-electron chi connectivity index (χ3n) is 2.46. The second-order valence-electron chi connectivity index (χ2n) is 3.42. The average molecular weight is 181 g/mol. The molecule has 0 spiro atoms. The molecule has 72 valence electrons. The van der Waals surface area contributed by atoms with Gasteiger partial charge in [0.25, 0.3) is 0 Å². The SMILES string of the molecule is CCc1cnn2c1OC[C@@H](CN)C2. The normalized spacial score (nSPS) is 20.9. The Morgan fingerprint density at radius 3 is 3.31 bits per heavy atom. The summed E-state index contributed by atoms with van der Waals surface area (Å²) in [6.07, 6.45) is 2.86. The van der Waals surface area contributed by atoms with Crippen LogP contribution in [0, 0.1) is 5.92 Å². The van der Waals surface area contributed by atoms with E-state index in [9.17, 15) is 0 Å². The number of hydrogen-bond donors (Lipinski definition) is 1. The number of rotatable bonds is 2. The molecule has 0 amide bonds. The van der Waals surface area contributed by atoms with E-state index in [1.807, 2.05) is 10.9 Å². The zero-order chi connectivity index (χ0) is 9.26. The fourth-order valence-electron chi connectivity index (χ4n) is 1.59. The molecule has 0 aromatic carbocycles. The lowest BCUT2D eigenvalue weighted by Crippen LogP contribution is -2.31. The summed E-state index contributed by atoms with van der Waals surface area (Å²) in [7, 11) is 0. The predicted molar refractivity (Wildman–Crippen MR) is 49.6 cm³/mol. The number of aryl methyl sites for hydroxylation is 1. The van der Waals surface area contributed by atoms with E-state index in [0.717, 1.165) is 25.5 Å². The first-order valence-electron chi connectivity index (χ1n) is 4.72. The lowest BCUT2D eigenvalue weighted by atomic mass is 10.1. The second-order valence-corrected chi connectivity index (χ2v) is 3.42. The summed E-state index contributed by atoms with van der Waals surface area (Å²) in [5, 5.41) is 4.26. The van der Waals surface area contributed by atoms with Gasteiger partial charge >= 0.3 is 0 Å². The molecule has 4 heteroatoms. The summed E-state index contributed by atoms with van der Waals surface area (Å²) in [6.45, 7) is 4.40. The number of hydrogen-bond acceptors (Lipinski definition) is 3. The molecule has 1 atom stereocenters. The third kappa shape index (κ3) is 1.42. The van der Waals surface area contributed by atoms with E-state index in [0.29, 0.717) is 12.5 Å². The van der Waals surface area contributed by atoms with Crippen molar-refractivity contribution >= 4 is 0 Å². The highest BCUT2D eigenvalue weighted by atomic mass is 16.5. The molecule has 1 aliphatic heterocycles. The molecule has 0 aliphatic carbocycles. The van der Waals surface area contributed by atoms with E-state index >= 15 is 0 Å². The Morgan fingerprint density at radius 1 is 1.77 bits per heavy atom. The van der Waals surface area contributed by atoms with Gasteiger partial charge in [0.2, 0.25) is 5.88 Å². The highest BCUT2D eigenvalue weighted by Gasteiger charge is 2.21. The van der Waals surface area contributed by atoms with Crippen LogP contribution in [0.4, 0.5) is 0 Å². The van der Waals surface area contributed by atoms with Crippen LogP contribution in [0.1, 0.15) is 12.5 Å². The smallest absolute Gasteiger partial charge is 0.215 e. The zero-order valence-corrected chi connectivity index (χ0v) is 7.86. The van der Waals surface area contributed by atoms with Gasteiger partial charge in [0.15, 0.2) is 0 Å². The summed E-state index contributed by atoms with van der Waals surface area (Å²) in [6, 6.07) is 0. The van der Waals surface area contributed by atoms with Crippen molar-refractivity contribution in [2.24, 2.45) is 11.7 Å². The van der Waals surface area contributed by atoms with Crippen LogP contribution in [0.2, 0.25) is 0 Å². The van der Waals surface area contributed by atoms with Crippen molar-refractivity contribution in [1.29, 1.82) is 0 Å². The molecule has 2 N–H and O–H groups in total. The molecular formula is C9H15N3O. The van der Waals surface area contributed by atoms with Crippen molar-refractivity contribution in [2.45, 2.75) is 19.9 Å². The van der Waals surface area contributed by atoms with Gasteiger partial charge in [-0.25, -0.2) is 4.68 Å². The Morgan fingerprint density at radius 2 is 2.62 bits per heavy atom. The molecule has 1 aromatic heterocycles. The maximum absolute atomic E-state index is 5.61. The minimum absolute atomic E-state index is 0.414. The number of nitrogens with zero attached hydrogens (tertiary/aromatic N) is 2. The average Bonchev–Trinajstić information content (AvgIpc) is 2.59. The number of ether oxygens (including phenoxy) is 1. The van der Waals surface area contributed by atoms with E-state index < -0.39 is 0 Å². The largest absolute Gasteiger partial charge is 0.477 e. The summed E-state index contributed by atoms with van der Waals surface area (Å²) < 4.78 is 7.53. The van der Waals surface area contributed by atoms with Gasteiger partial charge in [0.1, 0.15) is 0 Å². The van der Waals surface area contributed by atoms with Crippen LogP contribution >= 0.6 is 0 Å². The van der Waals surface area contributed by atoms with Gasteiger partial charge < -0.3 is 10.5 Å². The maximum atomic E-state index is 5.61. The fourth-order valence-corrected chi connectivity index (χ4v) is 1.59. The van der Waals surface area contributed by atoms with Gasteiger partial charge in [-0.3, -0.25) is 0 Å². The zero-order valence-electron chi connectivity index (χ0n) is 7.86. The van der Waals surface area contributed by atoms with Crippen molar-refractivity contribution in [2.75, 3.05) is 13.2 Å². The minimum Gasteiger partial charge on any atom is -0.477 e. The van der Waals surface area contributed by atoms with E-state index in [2.05, 4.69) is 12.0 Å². The monoisotopic (exact) mass is 181 g/mol. The van der Waals surface area contributed by atoms with Crippen LogP contribution in [-0.2, 0) is 13.0 Å². The number of fused-ring (bicyclic) bond motifs is 1. The first kappa shape index (κ1) is 8.56. The molecule has 1 aromatic rings. The molecule has 2 rings (SSSR count). The van der Waals surface area contributed by atoms with Crippen LogP contribution in [0.15, 0.2) is 6.20 Å². The molecule has 4 nitrogen and oxygen atoms in total. The van der Waals surface area contributed by atoms with E-state index in [4.69, 9.17) is 10.5 Å². The van der Waals surface area contributed by atoms with E-state index in [1.165, 1.54) is 5.56 Å². The molecule has 2 heterocycles. The van der Waals surface area contributed by atoms with Crippen molar-refractivity contribution in [3.8, 4) is 5.88 Å². The Kier molecular flexibility index (Phi) is 2.22. The first-order chi connectivity index (χ1) is 6.35. The Labute approximate surface area is 77.7 Å². The second kappa shape index (κ2) is 3.38. The van der Waals surface area contributed by atoms with Gasteiger partial charge in [0, 0.05) is 18.0 Å². The lowest BCUT2D eigenvalue weighted by Gasteiger charge is -2.23. The van der Waals surface area contributed by atoms with Gasteiger partial charge in [-0.1, -0.05) is 6.92 Å². The van der Waals surface area contributed by atoms with E-state index in [1.54, 1.807) is 0 Å². The van der Waals surface area contributed by atoms with Crippen molar-refractivity contribution in [1.82, 2.24) is 9.78 Å². The van der Waals surface area contributed by atoms with Gasteiger partial charge in [-0.05, 0) is 6.42 Å². The van der Waals surface area contributed by atoms with Crippen LogP contribution < -0.4 is 10.5 Å². The molecule has 0 unspecified atom stereocenters. The summed E-state index contributed by atoms with van der Waals surface area (Å²) in [5.74, 6) is 1.35. The van der Waals surface area contributed by atoms with Crippen molar-refractivity contribution in [3.63, 3.8) is 0 Å². The summed E-state index contributed by atoms with van der Waals surface area (Å²) >= 11 is 0. The van der Waals surface area contributed by atoms with Crippen molar-refractivity contribution < 1.29 is 4.74 Å². The van der Waals surface area contributed by atoms with Gasteiger partial charge in [-0.15, -0.1) is 0 Å². The Hall–Kier alpha value is -1.03. The summed E-state index contributed by atoms with van der Waals surface area (Å²) in [4.78, 5) is 0. The molecule has 0 radical (unpaired) electrons. The quantitative estimate of drug-likeness (QED) is 0.719. The van der Waals surface area contributed by atoms with Crippen molar-refractivity contribution in [3.05, 3.63) is 11.8 Å². The number of nitrogens with two attached hydrogens (primary N) is 1. The molecule has 13 heavy (non-hydrogen) atoms. The van der Waals surface area contributed by atoms with Gasteiger partial charge in [0.05, 0.1) is 19.3 Å².